The number of fused-ring (bicyclic) bond motifs is 1. The normalized spacial score (nSPS) is 14.8. The van der Waals surface area contributed by atoms with Gasteiger partial charge in [0.1, 0.15) is 12.2 Å². The maximum absolute atomic E-state index is 12.1. The molecule has 1 unspecified atom stereocenters. The molecule has 0 saturated heterocycles. The second-order valence-electron chi connectivity index (χ2n) is 4.95. The molecule has 0 spiro atoms. The van der Waals surface area contributed by atoms with E-state index in [-0.39, 0.29) is 5.97 Å². The fourth-order valence-corrected chi connectivity index (χ4v) is 2.20. The van der Waals surface area contributed by atoms with Gasteiger partial charge in [-0.15, -0.1) is 0 Å². The molecule has 0 bridgehead atoms. The maximum Gasteiger partial charge on any atom is 0.342 e. The van der Waals surface area contributed by atoms with Gasteiger partial charge >= 0.3 is 5.97 Å². The standard InChI is InChI=1S/C15H21NO3/c1-3-5-11(2)10-19-15(17)12-6-4-7-13-14(12)18-9-8-16-13/h4,6-7,11,16H,3,5,8-10H2,1-2H3. The predicted molar refractivity (Wildman–Crippen MR) is 74.8 cm³/mol. The van der Waals surface area contributed by atoms with Crippen molar-refractivity contribution < 1.29 is 14.3 Å². The Hall–Kier alpha value is -1.71. The molecule has 2 rings (SSSR count). The summed E-state index contributed by atoms with van der Waals surface area (Å²) in [5.41, 5.74) is 1.37. The van der Waals surface area contributed by atoms with Crippen LogP contribution in [0.1, 0.15) is 37.0 Å². The van der Waals surface area contributed by atoms with Gasteiger partial charge in [-0.3, -0.25) is 0 Å². The van der Waals surface area contributed by atoms with Crippen molar-refractivity contribution >= 4 is 11.7 Å². The molecule has 1 aromatic rings. The summed E-state index contributed by atoms with van der Waals surface area (Å²) in [6, 6.07) is 5.50. The number of hydrogen-bond acceptors (Lipinski definition) is 4. The third-order valence-corrected chi connectivity index (χ3v) is 3.18. The van der Waals surface area contributed by atoms with Gasteiger partial charge in [0, 0.05) is 6.54 Å². The van der Waals surface area contributed by atoms with Gasteiger partial charge in [-0.25, -0.2) is 4.79 Å². The van der Waals surface area contributed by atoms with Gasteiger partial charge < -0.3 is 14.8 Å². The average molecular weight is 263 g/mol. The van der Waals surface area contributed by atoms with E-state index in [1.54, 1.807) is 6.07 Å². The number of carbonyl (C=O) groups is 1. The molecule has 1 N–H and O–H groups in total. The molecule has 19 heavy (non-hydrogen) atoms. The van der Waals surface area contributed by atoms with E-state index in [2.05, 4.69) is 19.2 Å². The smallest absolute Gasteiger partial charge is 0.342 e. The lowest BCUT2D eigenvalue weighted by molar-refractivity contribution is 0.0439. The summed E-state index contributed by atoms with van der Waals surface area (Å²) in [5.74, 6) is 0.706. The highest BCUT2D eigenvalue weighted by Crippen LogP contribution is 2.31. The lowest BCUT2D eigenvalue weighted by Crippen LogP contribution is -2.21. The zero-order valence-electron chi connectivity index (χ0n) is 11.6. The van der Waals surface area contributed by atoms with E-state index in [1.165, 1.54) is 0 Å². The summed E-state index contributed by atoms with van der Waals surface area (Å²) in [5, 5.41) is 3.21. The number of rotatable bonds is 5. The van der Waals surface area contributed by atoms with Crippen LogP contribution in [0.15, 0.2) is 18.2 Å². The quantitative estimate of drug-likeness (QED) is 0.829. The third-order valence-electron chi connectivity index (χ3n) is 3.18. The molecule has 0 radical (unpaired) electrons. The summed E-state index contributed by atoms with van der Waals surface area (Å²) in [7, 11) is 0. The zero-order chi connectivity index (χ0) is 13.7. The van der Waals surface area contributed by atoms with Gasteiger partial charge in [0.15, 0.2) is 5.75 Å². The molecule has 104 valence electrons. The van der Waals surface area contributed by atoms with E-state index >= 15 is 0 Å². The van der Waals surface area contributed by atoms with Crippen molar-refractivity contribution in [3.8, 4) is 5.75 Å². The molecule has 1 atom stereocenters. The van der Waals surface area contributed by atoms with Gasteiger partial charge in [0.05, 0.1) is 12.3 Å². The Kier molecular flexibility index (Phi) is 4.66. The van der Waals surface area contributed by atoms with E-state index in [9.17, 15) is 4.79 Å². The first-order valence-electron chi connectivity index (χ1n) is 6.89. The monoisotopic (exact) mass is 263 g/mol. The van der Waals surface area contributed by atoms with Gasteiger partial charge in [0.2, 0.25) is 0 Å². The second-order valence-corrected chi connectivity index (χ2v) is 4.95. The molecule has 0 aromatic heterocycles. The van der Waals surface area contributed by atoms with E-state index in [4.69, 9.17) is 9.47 Å². The number of ether oxygens (including phenoxy) is 2. The highest BCUT2D eigenvalue weighted by atomic mass is 16.5. The van der Waals surface area contributed by atoms with E-state index in [0.29, 0.717) is 30.4 Å². The van der Waals surface area contributed by atoms with Crippen LogP contribution in [-0.4, -0.2) is 25.7 Å². The minimum Gasteiger partial charge on any atom is -0.489 e. The molecule has 1 aromatic carbocycles. The predicted octanol–water partition coefficient (Wildman–Crippen LogP) is 3.08. The molecule has 1 aliphatic rings. The molecule has 0 saturated carbocycles. The fraction of sp³-hybridized carbons (Fsp3) is 0.533. The Bertz CT molecular complexity index is 445. The molecule has 1 aliphatic heterocycles. The number of anilines is 1. The molecule has 0 aliphatic carbocycles. The van der Waals surface area contributed by atoms with Crippen LogP contribution >= 0.6 is 0 Å². The molecular formula is C15H21NO3. The van der Waals surface area contributed by atoms with Crippen LogP contribution in [0.2, 0.25) is 0 Å². The summed E-state index contributed by atoms with van der Waals surface area (Å²) < 4.78 is 10.9. The van der Waals surface area contributed by atoms with E-state index < -0.39 is 0 Å². The Balaban J connectivity index is 2.03. The van der Waals surface area contributed by atoms with E-state index in [1.807, 2.05) is 12.1 Å². The molecule has 4 heteroatoms. The Morgan fingerprint density at radius 1 is 1.53 bits per heavy atom. The summed E-state index contributed by atoms with van der Waals surface area (Å²) in [6.07, 6.45) is 2.17. The number of hydrogen-bond donors (Lipinski definition) is 1. The SMILES string of the molecule is CCCC(C)COC(=O)c1cccc2c1OCCN2. The summed E-state index contributed by atoms with van der Waals surface area (Å²) in [6.45, 7) is 6.02. The first-order valence-corrected chi connectivity index (χ1v) is 6.89. The second kappa shape index (κ2) is 6.45. The summed E-state index contributed by atoms with van der Waals surface area (Å²) in [4.78, 5) is 12.1. The van der Waals surface area contributed by atoms with E-state index in [0.717, 1.165) is 25.1 Å². The van der Waals surface area contributed by atoms with Crippen molar-refractivity contribution in [1.29, 1.82) is 0 Å². The van der Waals surface area contributed by atoms with Crippen LogP contribution in [0.5, 0.6) is 5.75 Å². The van der Waals surface area contributed by atoms with Crippen molar-refractivity contribution in [2.24, 2.45) is 5.92 Å². The fourth-order valence-electron chi connectivity index (χ4n) is 2.20. The van der Waals surface area contributed by atoms with Crippen LogP contribution in [0.3, 0.4) is 0 Å². The largest absolute Gasteiger partial charge is 0.489 e. The lowest BCUT2D eigenvalue weighted by atomic mass is 10.1. The molecular weight excluding hydrogens is 242 g/mol. The van der Waals surface area contributed by atoms with Crippen LogP contribution in [0, 0.1) is 5.92 Å². The Morgan fingerprint density at radius 2 is 2.37 bits per heavy atom. The number of esters is 1. The summed E-state index contributed by atoms with van der Waals surface area (Å²) >= 11 is 0. The highest BCUT2D eigenvalue weighted by Gasteiger charge is 2.20. The van der Waals surface area contributed by atoms with Crippen molar-refractivity contribution in [2.75, 3.05) is 25.1 Å². The molecule has 0 fully saturated rings. The minimum absolute atomic E-state index is 0.302. The van der Waals surface area contributed by atoms with Crippen molar-refractivity contribution in [1.82, 2.24) is 0 Å². The van der Waals surface area contributed by atoms with Gasteiger partial charge in [-0.1, -0.05) is 26.3 Å². The first kappa shape index (κ1) is 13.7. The van der Waals surface area contributed by atoms with Crippen LogP contribution in [0.4, 0.5) is 5.69 Å². The lowest BCUT2D eigenvalue weighted by Gasteiger charge is -2.21. The first-order chi connectivity index (χ1) is 9.22. The number of carbonyl (C=O) groups excluding carboxylic acids is 1. The van der Waals surface area contributed by atoms with Gasteiger partial charge in [0.25, 0.3) is 0 Å². The van der Waals surface area contributed by atoms with Crippen LogP contribution < -0.4 is 10.1 Å². The van der Waals surface area contributed by atoms with Gasteiger partial charge in [-0.05, 0) is 24.5 Å². The third kappa shape index (κ3) is 3.40. The molecule has 1 heterocycles. The van der Waals surface area contributed by atoms with Crippen molar-refractivity contribution in [2.45, 2.75) is 26.7 Å². The number of benzene rings is 1. The zero-order valence-corrected chi connectivity index (χ0v) is 11.6. The molecule has 0 amide bonds. The minimum atomic E-state index is -0.302. The Morgan fingerprint density at radius 3 is 3.16 bits per heavy atom. The van der Waals surface area contributed by atoms with Crippen molar-refractivity contribution in [3.63, 3.8) is 0 Å². The number of nitrogens with one attached hydrogen (secondary N) is 1. The van der Waals surface area contributed by atoms with Gasteiger partial charge in [-0.2, -0.15) is 0 Å². The average Bonchev–Trinajstić information content (AvgIpc) is 2.44. The maximum atomic E-state index is 12.1. The Labute approximate surface area is 114 Å². The van der Waals surface area contributed by atoms with Crippen molar-refractivity contribution in [3.05, 3.63) is 23.8 Å². The molecule has 4 nitrogen and oxygen atoms in total. The van der Waals surface area contributed by atoms with Crippen LogP contribution in [0.25, 0.3) is 0 Å². The highest BCUT2D eigenvalue weighted by molar-refractivity contribution is 5.95. The number of para-hydroxylation sites is 1. The topological polar surface area (TPSA) is 47.6 Å². The van der Waals surface area contributed by atoms with Crippen LogP contribution in [-0.2, 0) is 4.74 Å².